The monoisotopic (exact) mass is 396 g/mol. The standard InChI is InChI=1S/C21H20N2O2S2/c1-3-4-9-25-18-8-7-15(12-19(18)24-2)11-16(13-22)21-23-17(14-27-21)20-6-5-10-26-20/h5-8,10-12,14H,3-4,9H2,1-2H3. The quantitative estimate of drug-likeness (QED) is 0.340. The molecule has 0 bridgehead atoms. The Bertz CT molecular complexity index is 953. The van der Waals surface area contributed by atoms with E-state index in [-0.39, 0.29) is 0 Å². The highest BCUT2D eigenvalue weighted by Gasteiger charge is 2.11. The van der Waals surface area contributed by atoms with Crippen LogP contribution < -0.4 is 9.47 Å². The molecule has 0 spiro atoms. The summed E-state index contributed by atoms with van der Waals surface area (Å²) in [6.45, 7) is 2.79. The summed E-state index contributed by atoms with van der Waals surface area (Å²) in [7, 11) is 1.62. The molecule has 138 valence electrons. The van der Waals surface area contributed by atoms with E-state index in [1.54, 1.807) is 18.4 Å². The lowest BCUT2D eigenvalue weighted by molar-refractivity contribution is 0.288. The maximum absolute atomic E-state index is 9.60. The molecule has 0 amide bonds. The van der Waals surface area contributed by atoms with Crippen molar-refractivity contribution in [2.24, 2.45) is 0 Å². The lowest BCUT2D eigenvalue weighted by Gasteiger charge is -2.11. The first-order valence-corrected chi connectivity index (χ1v) is 10.4. The normalized spacial score (nSPS) is 11.2. The molecule has 0 N–H and O–H groups in total. The van der Waals surface area contributed by atoms with Gasteiger partial charge in [0.1, 0.15) is 11.1 Å². The van der Waals surface area contributed by atoms with Crippen LogP contribution in [0.15, 0.2) is 41.1 Å². The number of hydrogen-bond donors (Lipinski definition) is 0. The van der Waals surface area contributed by atoms with E-state index in [9.17, 15) is 5.26 Å². The number of unbranched alkanes of at least 4 members (excludes halogenated alkanes) is 1. The molecule has 0 unspecified atom stereocenters. The van der Waals surface area contributed by atoms with Crippen molar-refractivity contribution in [1.29, 1.82) is 5.26 Å². The molecule has 3 aromatic rings. The van der Waals surface area contributed by atoms with E-state index in [1.807, 2.05) is 47.2 Å². The SMILES string of the molecule is CCCCOc1ccc(C=C(C#N)c2nc(-c3cccs3)cs2)cc1OC. The largest absolute Gasteiger partial charge is 0.493 e. The van der Waals surface area contributed by atoms with Gasteiger partial charge in [0.05, 0.1) is 29.9 Å². The Balaban J connectivity index is 1.84. The number of thiazole rings is 1. The molecule has 0 aliphatic heterocycles. The second-order valence-corrected chi connectivity index (χ2v) is 7.60. The summed E-state index contributed by atoms with van der Waals surface area (Å²) in [5.74, 6) is 1.38. The van der Waals surface area contributed by atoms with E-state index in [4.69, 9.17) is 9.47 Å². The number of ether oxygens (including phenoxy) is 2. The number of nitrogens with zero attached hydrogens (tertiary/aromatic N) is 2. The Hall–Kier alpha value is -2.62. The van der Waals surface area contributed by atoms with Crippen LogP contribution in [0.1, 0.15) is 30.3 Å². The fourth-order valence-corrected chi connectivity index (χ4v) is 4.01. The first kappa shape index (κ1) is 19.2. The molecule has 4 nitrogen and oxygen atoms in total. The molecule has 0 aliphatic rings. The fourth-order valence-electron chi connectivity index (χ4n) is 2.46. The van der Waals surface area contributed by atoms with E-state index in [2.05, 4.69) is 18.0 Å². The number of thiophene rings is 1. The molecule has 0 atom stereocenters. The third kappa shape index (κ3) is 4.76. The zero-order chi connectivity index (χ0) is 19.1. The van der Waals surface area contributed by atoms with Crippen LogP contribution in [0.5, 0.6) is 11.5 Å². The van der Waals surface area contributed by atoms with Crippen LogP contribution in [-0.2, 0) is 0 Å². The minimum Gasteiger partial charge on any atom is -0.493 e. The summed E-state index contributed by atoms with van der Waals surface area (Å²) in [5, 5.41) is 14.3. The van der Waals surface area contributed by atoms with Gasteiger partial charge < -0.3 is 9.47 Å². The predicted molar refractivity (Wildman–Crippen MR) is 112 cm³/mol. The third-order valence-electron chi connectivity index (χ3n) is 3.88. The van der Waals surface area contributed by atoms with Gasteiger partial charge in [-0.05, 0) is 41.6 Å². The minimum absolute atomic E-state index is 0.532. The first-order valence-electron chi connectivity index (χ1n) is 8.67. The number of allylic oxidation sites excluding steroid dienone is 1. The van der Waals surface area contributed by atoms with Crippen molar-refractivity contribution in [3.05, 3.63) is 51.7 Å². The number of nitriles is 1. The van der Waals surface area contributed by atoms with Crippen LogP contribution in [0.4, 0.5) is 0 Å². The van der Waals surface area contributed by atoms with Gasteiger partial charge in [0.15, 0.2) is 11.5 Å². The lowest BCUT2D eigenvalue weighted by atomic mass is 10.1. The van der Waals surface area contributed by atoms with Crippen molar-refractivity contribution < 1.29 is 9.47 Å². The first-order chi connectivity index (χ1) is 13.2. The summed E-state index contributed by atoms with van der Waals surface area (Å²) in [6, 6.07) is 12.0. The van der Waals surface area contributed by atoms with Crippen molar-refractivity contribution in [3.63, 3.8) is 0 Å². The van der Waals surface area contributed by atoms with Crippen LogP contribution in [-0.4, -0.2) is 18.7 Å². The molecular formula is C21H20N2O2S2. The van der Waals surface area contributed by atoms with Crippen molar-refractivity contribution in [1.82, 2.24) is 4.98 Å². The van der Waals surface area contributed by atoms with E-state index < -0.39 is 0 Å². The van der Waals surface area contributed by atoms with Crippen LogP contribution in [0.25, 0.3) is 22.2 Å². The third-order valence-corrected chi connectivity index (χ3v) is 5.65. The van der Waals surface area contributed by atoms with Crippen molar-refractivity contribution >= 4 is 34.3 Å². The molecule has 1 aromatic carbocycles. The molecule has 0 saturated heterocycles. The van der Waals surface area contributed by atoms with Gasteiger partial charge in [-0.15, -0.1) is 22.7 Å². The van der Waals surface area contributed by atoms with Crippen LogP contribution in [0.3, 0.4) is 0 Å². The van der Waals surface area contributed by atoms with Crippen LogP contribution in [0, 0.1) is 11.3 Å². The Morgan fingerprint density at radius 1 is 1.26 bits per heavy atom. The summed E-state index contributed by atoms with van der Waals surface area (Å²) < 4.78 is 11.2. The smallest absolute Gasteiger partial charge is 0.161 e. The summed E-state index contributed by atoms with van der Waals surface area (Å²) in [4.78, 5) is 5.71. The summed E-state index contributed by atoms with van der Waals surface area (Å²) >= 11 is 3.11. The van der Waals surface area contributed by atoms with E-state index in [0.29, 0.717) is 22.9 Å². The Labute approximate surface area is 167 Å². The highest BCUT2D eigenvalue weighted by atomic mass is 32.1. The molecule has 27 heavy (non-hydrogen) atoms. The lowest BCUT2D eigenvalue weighted by Crippen LogP contribution is -1.99. The van der Waals surface area contributed by atoms with Gasteiger partial charge in [-0.3, -0.25) is 0 Å². The van der Waals surface area contributed by atoms with E-state index >= 15 is 0 Å². The molecule has 6 heteroatoms. The molecule has 2 aromatic heterocycles. The van der Waals surface area contributed by atoms with Gasteiger partial charge in [0.25, 0.3) is 0 Å². The zero-order valence-corrected chi connectivity index (χ0v) is 16.9. The van der Waals surface area contributed by atoms with Gasteiger partial charge in [-0.25, -0.2) is 4.98 Å². The van der Waals surface area contributed by atoms with Crippen molar-refractivity contribution in [2.45, 2.75) is 19.8 Å². The van der Waals surface area contributed by atoms with Gasteiger partial charge in [-0.1, -0.05) is 25.5 Å². The number of methoxy groups -OCH3 is 1. The van der Waals surface area contributed by atoms with Gasteiger partial charge >= 0.3 is 0 Å². The Morgan fingerprint density at radius 2 is 2.15 bits per heavy atom. The summed E-state index contributed by atoms with van der Waals surface area (Å²) in [6.07, 6.45) is 3.91. The average Bonchev–Trinajstić information content (AvgIpc) is 3.38. The summed E-state index contributed by atoms with van der Waals surface area (Å²) in [5.41, 5.74) is 2.31. The predicted octanol–water partition coefficient (Wildman–Crippen LogP) is 6.12. The highest BCUT2D eigenvalue weighted by molar-refractivity contribution is 7.14. The number of aromatic nitrogens is 1. The molecule has 0 fully saturated rings. The minimum atomic E-state index is 0.532. The Kier molecular flexibility index (Phi) is 6.64. The zero-order valence-electron chi connectivity index (χ0n) is 15.3. The molecule has 0 radical (unpaired) electrons. The van der Waals surface area contributed by atoms with E-state index in [1.165, 1.54) is 11.3 Å². The topological polar surface area (TPSA) is 55.1 Å². The average molecular weight is 397 g/mol. The van der Waals surface area contributed by atoms with Crippen LogP contribution >= 0.6 is 22.7 Å². The fraction of sp³-hybridized carbons (Fsp3) is 0.238. The van der Waals surface area contributed by atoms with Gasteiger partial charge in [-0.2, -0.15) is 5.26 Å². The molecule has 0 saturated carbocycles. The van der Waals surface area contributed by atoms with Crippen molar-refractivity contribution in [2.75, 3.05) is 13.7 Å². The number of rotatable bonds is 8. The number of hydrogen-bond acceptors (Lipinski definition) is 6. The molecule has 3 rings (SSSR count). The highest BCUT2D eigenvalue weighted by Crippen LogP contribution is 2.32. The van der Waals surface area contributed by atoms with Crippen molar-refractivity contribution in [3.8, 4) is 28.1 Å². The maximum atomic E-state index is 9.60. The molecule has 0 aliphatic carbocycles. The molecular weight excluding hydrogens is 376 g/mol. The van der Waals surface area contributed by atoms with Crippen LogP contribution in [0.2, 0.25) is 0 Å². The van der Waals surface area contributed by atoms with Gasteiger partial charge in [0.2, 0.25) is 0 Å². The number of benzene rings is 1. The van der Waals surface area contributed by atoms with Gasteiger partial charge in [0, 0.05) is 5.38 Å². The van der Waals surface area contributed by atoms with E-state index in [0.717, 1.165) is 34.7 Å². The maximum Gasteiger partial charge on any atom is 0.161 e. The second-order valence-electron chi connectivity index (χ2n) is 5.80. The molecule has 2 heterocycles. The second kappa shape index (κ2) is 9.36. The Morgan fingerprint density at radius 3 is 2.85 bits per heavy atom.